The van der Waals surface area contributed by atoms with Crippen LogP contribution in [0.4, 0.5) is 11.4 Å². The molecule has 1 aliphatic rings. The van der Waals surface area contributed by atoms with Crippen molar-refractivity contribution in [2.24, 2.45) is 0 Å². The fraction of sp³-hybridized carbons (Fsp3) is 0.500. The molecular formula is C14H21N3O3S. The predicted molar refractivity (Wildman–Crippen MR) is 84.0 cm³/mol. The van der Waals surface area contributed by atoms with Gasteiger partial charge in [-0.15, -0.1) is 0 Å². The molecule has 0 saturated carbocycles. The number of nitrogens with two attached hydrogens (primary N) is 1. The summed E-state index contributed by atoms with van der Waals surface area (Å²) in [6, 6.07) is 7.60. The van der Waals surface area contributed by atoms with Gasteiger partial charge in [0.15, 0.2) is 9.84 Å². The first-order chi connectivity index (χ1) is 9.80. The summed E-state index contributed by atoms with van der Waals surface area (Å²) in [5.41, 5.74) is 7.62. The minimum atomic E-state index is -3.35. The molecule has 1 unspecified atom stereocenters. The third-order valence-electron chi connectivity index (χ3n) is 3.86. The van der Waals surface area contributed by atoms with Crippen LogP contribution in [0.5, 0.6) is 0 Å². The number of piperazine rings is 1. The van der Waals surface area contributed by atoms with E-state index >= 15 is 0 Å². The highest BCUT2D eigenvalue weighted by molar-refractivity contribution is 7.92. The van der Waals surface area contributed by atoms with Crippen LogP contribution in [0.3, 0.4) is 0 Å². The zero-order chi connectivity index (χ0) is 15.6. The molecule has 1 aromatic carbocycles. The summed E-state index contributed by atoms with van der Waals surface area (Å²) >= 11 is 0. The van der Waals surface area contributed by atoms with Crippen LogP contribution in [0.1, 0.15) is 6.92 Å². The van der Waals surface area contributed by atoms with E-state index in [0.29, 0.717) is 31.9 Å². The monoisotopic (exact) mass is 311 g/mol. The molecule has 1 fully saturated rings. The minimum Gasteiger partial charge on any atom is -0.397 e. The van der Waals surface area contributed by atoms with Crippen molar-refractivity contribution in [3.8, 4) is 0 Å². The quantitative estimate of drug-likeness (QED) is 0.814. The molecule has 116 valence electrons. The number of amides is 1. The van der Waals surface area contributed by atoms with Gasteiger partial charge in [0.1, 0.15) is 5.25 Å². The van der Waals surface area contributed by atoms with Crippen LogP contribution in [0.15, 0.2) is 24.3 Å². The molecule has 7 heteroatoms. The average molecular weight is 311 g/mol. The highest BCUT2D eigenvalue weighted by atomic mass is 32.2. The molecule has 1 saturated heterocycles. The summed E-state index contributed by atoms with van der Waals surface area (Å²) in [7, 11) is -3.35. The Bertz CT molecular complexity index is 622. The lowest BCUT2D eigenvalue weighted by atomic mass is 10.2. The third kappa shape index (κ3) is 3.47. The second-order valence-electron chi connectivity index (χ2n) is 5.34. The zero-order valence-corrected chi connectivity index (χ0v) is 13.1. The highest BCUT2D eigenvalue weighted by Gasteiger charge is 2.30. The first-order valence-corrected chi connectivity index (χ1v) is 8.83. The van der Waals surface area contributed by atoms with E-state index in [2.05, 4.69) is 4.90 Å². The summed E-state index contributed by atoms with van der Waals surface area (Å²) in [6.07, 6.45) is 1.09. The van der Waals surface area contributed by atoms with Gasteiger partial charge in [-0.25, -0.2) is 8.42 Å². The van der Waals surface area contributed by atoms with Crippen molar-refractivity contribution in [3.63, 3.8) is 0 Å². The number of hydrogen-bond acceptors (Lipinski definition) is 5. The molecule has 0 aromatic heterocycles. The van der Waals surface area contributed by atoms with Crippen molar-refractivity contribution < 1.29 is 13.2 Å². The normalized spacial score (nSPS) is 17.6. The maximum atomic E-state index is 12.2. The molecule has 0 radical (unpaired) electrons. The van der Waals surface area contributed by atoms with Crippen LogP contribution in [0, 0.1) is 0 Å². The molecule has 21 heavy (non-hydrogen) atoms. The zero-order valence-electron chi connectivity index (χ0n) is 12.3. The summed E-state index contributed by atoms with van der Waals surface area (Å²) < 4.78 is 22.9. The van der Waals surface area contributed by atoms with E-state index < -0.39 is 15.1 Å². The lowest BCUT2D eigenvalue weighted by molar-refractivity contribution is -0.130. The minimum absolute atomic E-state index is 0.321. The van der Waals surface area contributed by atoms with Gasteiger partial charge >= 0.3 is 0 Å². The number of hydrogen-bond donors (Lipinski definition) is 1. The maximum Gasteiger partial charge on any atom is 0.240 e. The number of nitrogens with zero attached hydrogens (tertiary/aromatic N) is 2. The molecule has 2 N–H and O–H groups in total. The van der Waals surface area contributed by atoms with E-state index in [-0.39, 0.29) is 5.91 Å². The number of para-hydroxylation sites is 2. The molecule has 0 bridgehead atoms. The number of anilines is 2. The Kier molecular flexibility index (Phi) is 4.41. The summed E-state index contributed by atoms with van der Waals surface area (Å²) in [4.78, 5) is 15.9. The average Bonchev–Trinajstić information content (AvgIpc) is 2.45. The Labute approximate surface area is 125 Å². The number of carbonyl (C=O) groups excluding carboxylic acids is 1. The van der Waals surface area contributed by atoms with Crippen LogP contribution in [0.2, 0.25) is 0 Å². The molecule has 0 aliphatic carbocycles. The van der Waals surface area contributed by atoms with Gasteiger partial charge in [0.25, 0.3) is 0 Å². The van der Waals surface area contributed by atoms with E-state index in [0.717, 1.165) is 11.9 Å². The SMILES string of the molecule is CC(C(=O)N1CCN(c2ccccc2N)CC1)S(C)(=O)=O. The first kappa shape index (κ1) is 15.6. The Morgan fingerprint density at radius 3 is 2.29 bits per heavy atom. The predicted octanol–water partition coefficient (Wildman–Crippen LogP) is 0.351. The molecular weight excluding hydrogens is 290 g/mol. The summed E-state index contributed by atoms with van der Waals surface area (Å²) in [6.45, 7) is 3.76. The number of sulfone groups is 1. The van der Waals surface area contributed by atoms with Crippen molar-refractivity contribution in [2.75, 3.05) is 43.1 Å². The van der Waals surface area contributed by atoms with Gasteiger partial charge in [-0.1, -0.05) is 12.1 Å². The second kappa shape index (κ2) is 5.93. The number of rotatable bonds is 3. The number of carbonyl (C=O) groups is 1. The Hall–Kier alpha value is -1.76. The molecule has 1 heterocycles. The van der Waals surface area contributed by atoms with E-state index in [4.69, 9.17) is 5.73 Å². The molecule has 1 aliphatic heterocycles. The van der Waals surface area contributed by atoms with Crippen molar-refractivity contribution in [3.05, 3.63) is 24.3 Å². The van der Waals surface area contributed by atoms with Crippen LogP contribution < -0.4 is 10.6 Å². The van der Waals surface area contributed by atoms with E-state index in [1.807, 2.05) is 24.3 Å². The summed E-state index contributed by atoms with van der Waals surface area (Å²) in [5.74, 6) is -0.321. The van der Waals surface area contributed by atoms with Gasteiger partial charge in [0.05, 0.1) is 11.4 Å². The number of benzene rings is 1. The topological polar surface area (TPSA) is 83.7 Å². The second-order valence-corrected chi connectivity index (χ2v) is 7.71. The molecule has 0 spiro atoms. The molecule has 1 amide bonds. The largest absolute Gasteiger partial charge is 0.397 e. The van der Waals surface area contributed by atoms with E-state index in [1.54, 1.807) is 4.90 Å². The van der Waals surface area contributed by atoms with E-state index in [1.165, 1.54) is 6.92 Å². The Morgan fingerprint density at radius 1 is 1.19 bits per heavy atom. The molecule has 1 aromatic rings. The maximum absolute atomic E-state index is 12.2. The van der Waals surface area contributed by atoms with Crippen molar-refractivity contribution >= 4 is 27.1 Å². The van der Waals surface area contributed by atoms with Gasteiger partial charge < -0.3 is 15.5 Å². The summed E-state index contributed by atoms with van der Waals surface area (Å²) in [5, 5.41) is -0.981. The standard InChI is InChI=1S/C14H21N3O3S/c1-11(21(2,19)20)14(18)17-9-7-16(8-10-17)13-6-4-3-5-12(13)15/h3-6,11H,7-10,15H2,1-2H3. The lowest BCUT2D eigenvalue weighted by Crippen LogP contribution is -2.52. The van der Waals surface area contributed by atoms with Gasteiger partial charge in [0, 0.05) is 32.4 Å². The van der Waals surface area contributed by atoms with Gasteiger partial charge in [0.2, 0.25) is 5.91 Å². The first-order valence-electron chi connectivity index (χ1n) is 6.88. The highest BCUT2D eigenvalue weighted by Crippen LogP contribution is 2.23. The van der Waals surface area contributed by atoms with Crippen LogP contribution in [-0.2, 0) is 14.6 Å². The van der Waals surface area contributed by atoms with Gasteiger partial charge in [-0.3, -0.25) is 4.79 Å². The molecule has 6 nitrogen and oxygen atoms in total. The van der Waals surface area contributed by atoms with Crippen LogP contribution in [0.25, 0.3) is 0 Å². The third-order valence-corrected chi connectivity index (χ3v) is 5.34. The number of nitrogen functional groups attached to an aromatic ring is 1. The van der Waals surface area contributed by atoms with E-state index in [9.17, 15) is 13.2 Å². The Morgan fingerprint density at radius 2 is 1.76 bits per heavy atom. The van der Waals surface area contributed by atoms with Crippen molar-refractivity contribution in [1.29, 1.82) is 0 Å². The van der Waals surface area contributed by atoms with Crippen molar-refractivity contribution in [2.45, 2.75) is 12.2 Å². The Balaban J connectivity index is 2.01. The fourth-order valence-electron chi connectivity index (χ4n) is 2.38. The fourth-order valence-corrected chi connectivity index (χ4v) is 2.90. The van der Waals surface area contributed by atoms with Crippen LogP contribution >= 0.6 is 0 Å². The molecule has 2 rings (SSSR count). The lowest BCUT2D eigenvalue weighted by Gasteiger charge is -2.37. The van der Waals surface area contributed by atoms with Gasteiger partial charge in [-0.05, 0) is 19.1 Å². The smallest absolute Gasteiger partial charge is 0.240 e. The van der Waals surface area contributed by atoms with Crippen molar-refractivity contribution in [1.82, 2.24) is 4.90 Å². The van der Waals surface area contributed by atoms with Gasteiger partial charge in [-0.2, -0.15) is 0 Å². The van der Waals surface area contributed by atoms with Crippen LogP contribution in [-0.4, -0.2) is 56.9 Å². The molecule has 1 atom stereocenters.